The number of hydrogen-bond acceptors (Lipinski definition) is 1. The summed E-state index contributed by atoms with van der Waals surface area (Å²) in [5.74, 6) is 0. The molecule has 1 aromatic rings. The standard InChI is InChI=1S/C7H6N2.HI/c1-6-2-3-9-7(4-6)5-8;/h2-4H,1H3;1H. The summed E-state index contributed by atoms with van der Waals surface area (Å²) in [4.78, 5) is 2.80. The summed E-state index contributed by atoms with van der Waals surface area (Å²) in [6.45, 7) is 1.95. The van der Waals surface area contributed by atoms with Gasteiger partial charge in [0.15, 0.2) is 12.3 Å². The molecule has 0 aromatic carbocycles. The lowest BCUT2D eigenvalue weighted by Gasteiger charge is -1.82. The van der Waals surface area contributed by atoms with E-state index in [1.54, 1.807) is 12.3 Å². The molecule has 0 radical (unpaired) electrons. The van der Waals surface area contributed by atoms with E-state index in [0.717, 1.165) is 5.56 Å². The zero-order valence-corrected chi connectivity index (χ0v) is 7.71. The number of nitrogens with zero attached hydrogens (tertiary/aromatic N) is 1. The summed E-state index contributed by atoms with van der Waals surface area (Å²) in [6.07, 6.45) is 1.76. The number of H-pyrrole nitrogens is 1. The van der Waals surface area contributed by atoms with Gasteiger partial charge in [0.1, 0.15) is 0 Å². The van der Waals surface area contributed by atoms with Crippen molar-refractivity contribution in [3.8, 4) is 6.07 Å². The number of halogens is 1. The fourth-order valence-electron chi connectivity index (χ4n) is 0.645. The summed E-state index contributed by atoms with van der Waals surface area (Å²) in [6, 6.07) is 5.74. The van der Waals surface area contributed by atoms with Crippen molar-refractivity contribution in [2.24, 2.45) is 0 Å². The second-order valence-corrected chi connectivity index (χ2v) is 1.89. The molecule has 52 valence electrons. The molecule has 3 heteroatoms. The summed E-state index contributed by atoms with van der Waals surface area (Å²) in [5, 5.41) is 8.38. The van der Waals surface area contributed by atoms with Crippen LogP contribution in [-0.4, -0.2) is 0 Å². The number of pyridine rings is 1. The number of aromatic nitrogens is 1. The third kappa shape index (κ3) is 2.31. The van der Waals surface area contributed by atoms with Gasteiger partial charge >= 0.3 is 0 Å². The lowest BCUT2D eigenvalue weighted by Crippen LogP contribution is -3.00. The van der Waals surface area contributed by atoms with Crippen molar-refractivity contribution in [3.05, 3.63) is 29.6 Å². The van der Waals surface area contributed by atoms with E-state index in [1.165, 1.54) is 0 Å². The first-order valence-electron chi connectivity index (χ1n) is 2.71. The average molecular weight is 246 g/mol. The van der Waals surface area contributed by atoms with Gasteiger partial charge in [0.2, 0.25) is 0 Å². The van der Waals surface area contributed by atoms with Crippen LogP contribution in [0.1, 0.15) is 11.3 Å². The van der Waals surface area contributed by atoms with Gasteiger partial charge in [-0.25, -0.2) is 4.98 Å². The van der Waals surface area contributed by atoms with Crippen molar-refractivity contribution in [1.29, 1.82) is 5.26 Å². The highest BCUT2D eigenvalue weighted by Crippen LogP contribution is 1.92. The predicted octanol–water partition coefficient (Wildman–Crippen LogP) is -2.32. The second kappa shape index (κ2) is 4.23. The van der Waals surface area contributed by atoms with Crippen LogP contribution in [-0.2, 0) is 0 Å². The monoisotopic (exact) mass is 246 g/mol. The maximum Gasteiger partial charge on any atom is 0.281 e. The van der Waals surface area contributed by atoms with Crippen LogP contribution in [0.4, 0.5) is 0 Å². The van der Waals surface area contributed by atoms with Gasteiger partial charge in [-0.3, -0.25) is 0 Å². The van der Waals surface area contributed by atoms with Gasteiger partial charge in [-0.2, -0.15) is 5.26 Å². The molecule has 0 fully saturated rings. The summed E-state index contributed by atoms with van der Waals surface area (Å²) < 4.78 is 0. The topological polar surface area (TPSA) is 37.9 Å². The maximum absolute atomic E-state index is 8.38. The Balaban J connectivity index is 0.000000810. The molecule has 1 N–H and O–H groups in total. The highest BCUT2D eigenvalue weighted by Gasteiger charge is 1.94. The molecule has 0 saturated carbocycles. The third-order valence-electron chi connectivity index (χ3n) is 1.08. The van der Waals surface area contributed by atoms with Crippen molar-refractivity contribution in [2.75, 3.05) is 0 Å². The van der Waals surface area contributed by atoms with Gasteiger partial charge in [-0.05, 0) is 12.5 Å². The fraction of sp³-hybridized carbons (Fsp3) is 0.143. The molecule has 0 bridgehead atoms. The summed E-state index contributed by atoms with van der Waals surface area (Å²) >= 11 is 0. The maximum atomic E-state index is 8.38. The molecule has 0 spiro atoms. The van der Waals surface area contributed by atoms with E-state index in [-0.39, 0.29) is 24.0 Å². The van der Waals surface area contributed by atoms with Gasteiger partial charge < -0.3 is 24.0 Å². The van der Waals surface area contributed by atoms with Crippen molar-refractivity contribution < 1.29 is 29.0 Å². The Morgan fingerprint density at radius 1 is 1.60 bits per heavy atom. The molecule has 1 heterocycles. The van der Waals surface area contributed by atoms with Crippen LogP contribution < -0.4 is 29.0 Å². The van der Waals surface area contributed by atoms with E-state index < -0.39 is 0 Å². The minimum absolute atomic E-state index is 0. The van der Waals surface area contributed by atoms with Gasteiger partial charge in [-0.15, -0.1) is 0 Å². The summed E-state index contributed by atoms with van der Waals surface area (Å²) in [5.41, 5.74) is 1.71. The van der Waals surface area contributed by atoms with E-state index in [4.69, 9.17) is 5.26 Å². The second-order valence-electron chi connectivity index (χ2n) is 1.89. The van der Waals surface area contributed by atoms with E-state index in [9.17, 15) is 0 Å². The molecule has 1 aromatic heterocycles. The van der Waals surface area contributed by atoms with Crippen LogP contribution in [0.25, 0.3) is 0 Å². The minimum atomic E-state index is 0. The number of nitriles is 1. The molecular formula is C7H7IN2. The number of aromatic amines is 1. The van der Waals surface area contributed by atoms with Gasteiger partial charge in [-0.1, -0.05) is 0 Å². The SMILES string of the molecule is Cc1cc[nH+]c(C#N)c1.[I-]. The fourth-order valence-corrected chi connectivity index (χ4v) is 0.645. The highest BCUT2D eigenvalue weighted by atomic mass is 127. The van der Waals surface area contributed by atoms with Crippen molar-refractivity contribution in [2.45, 2.75) is 6.92 Å². The van der Waals surface area contributed by atoms with Crippen LogP contribution in [0.3, 0.4) is 0 Å². The zero-order chi connectivity index (χ0) is 6.69. The smallest absolute Gasteiger partial charge is 0.281 e. The summed E-state index contributed by atoms with van der Waals surface area (Å²) in [7, 11) is 0. The highest BCUT2D eigenvalue weighted by molar-refractivity contribution is 5.19. The van der Waals surface area contributed by atoms with Crippen molar-refractivity contribution in [1.82, 2.24) is 0 Å². The van der Waals surface area contributed by atoms with Crippen molar-refractivity contribution in [3.63, 3.8) is 0 Å². The number of hydrogen-bond donors (Lipinski definition) is 0. The van der Waals surface area contributed by atoms with Gasteiger partial charge in [0, 0.05) is 12.1 Å². The Morgan fingerprint density at radius 2 is 2.30 bits per heavy atom. The lowest BCUT2D eigenvalue weighted by atomic mass is 10.2. The van der Waals surface area contributed by atoms with Gasteiger partial charge in [0.05, 0.1) is 0 Å². The normalized spacial score (nSPS) is 7.60. The molecule has 0 amide bonds. The lowest BCUT2D eigenvalue weighted by molar-refractivity contribution is -0.382. The molecule has 0 aliphatic rings. The Labute approximate surface area is 76.9 Å². The Bertz CT molecular complexity index is 252. The Morgan fingerprint density at radius 3 is 2.70 bits per heavy atom. The molecule has 1 rings (SSSR count). The number of nitrogens with one attached hydrogen (secondary N) is 1. The quantitative estimate of drug-likeness (QED) is 0.474. The van der Waals surface area contributed by atoms with Crippen LogP contribution in [0, 0.1) is 18.3 Å². The van der Waals surface area contributed by atoms with Gasteiger partial charge in [0.25, 0.3) is 5.69 Å². The zero-order valence-electron chi connectivity index (χ0n) is 5.56. The molecule has 10 heavy (non-hydrogen) atoms. The van der Waals surface area contributed by atoms with E-state index in [2.05, 4.69) is 4.98 Å². The van der Waals surface area contributed by atoms with Crippen LogP contribution in [0.5, 0.6) is 0 Å². The average Bonchev–Trinajstić information content (AvgIpc) is 1.88. The van der Waals surface area contributed by atoms with E-state index in [1.807, 2.05) is 19.1 Å². The number of rotatable bonds is 0. The molecule has 0 atom stereocenters. The van der Waals surface area contributed by atoms with E-state index >= 15 is 0 Å². The van der Waals surface area contributed by atoms with Crippen LogP contribution in [0.2, 0.25) is 0 Å². The Kier molecular flexibility index (Phi) is 3.96. The molecule has 0 aliphatic carbocycles. The Hall–Kier alpha value is -0.630. The first-order chi connectivity index (χ1) is 4.33. The molecule has 2 nitrogen and oxygen atoms in total. The van der Waals surface area contributed by atoms with Crippen LogP contribution in [0.15, 0.2) is 18.3 Å². The molecular weight excluding hydrogens is 239 g/mol. The first-order valence-corrected chi connectivity index (χ1v) is 2.71. The third-order valence-corrected chi connectivity index (χ3v) is 1.08. The molecule has 0 saturated heterocycles. The van der Waals surface area contributed by atoms with Crippen LogP contribution >= 0.6 is 0 Å². The number of aryl methyl sites for hydroxylation is 1. The van der Waals surface area contributed by atoms with E-state index in [0.29, 0.717) is 5.69 Å². The minimum Gasteiger partial charge on any atom is -1.00 e. The van der Waals surface area contributed by atoms with Crippen molar-refractivity contribution >= 4 is 0 Å². The molecule has 0 unspecified atom stereocenters. The largest absolute Gasteiger partial charge is 1.00 e. The predicted molar refractivity (Wildman–Crippen MR) is 32.4 cm³/mol. The molecule has 0 aliphatic heterocycles. The first kappa shape index (κ1) is 9.37.